The normalized spacial score (nSPS) is 15.5. The fourth-order valence-corrected chi connectivity index (χ4v) is 1.55. The second-order valence-electron chi connectivity index (χ2n) is 3.72. The van der Waals surface area contributed by atoms with E-state index in [1.165, 1.54) is 12.8 Å². The smallest absolute Gasteiger partial charge is 0.290 e. The van der Waals surface area contributed by atoms with Crippen molar-refractivity contribution in [3.05, 3.63) is 22.7 Å². The van der Waals surface area contributed by atoms with E-state index in [4.69, 9.17) is 0 Å². The molecule has 0 atom stereocenters. The Bertz CT molecular complexity index is 356. The molecule has 0 radical (unpaired) electrons. The van der Waals surface area contributed by atoms with Crippen molar-refractivity contribution in [3.63, 3.8) is 0 Å². The van der Waals surface area contributed by atoms with E-state index in [2.05, 4.69) is 21.8 Å². The van der Waals surface area contributed by atoms with Crippen LogP contribution in [-0.4, -0.2) is 23.1 Å². The van der Waals surface area contributed by atoms with E-state index in [9.17, 15) is 4.79 Å². The minimum absolute atomic E-state index is 0.0880. The molecule has 4 heteroatoms. The Morgan fingerprint density at radius 2 is 2.43 bits per heavy atom. The van der Waals surface area contributed by atoms with Crippen LogP contribution in [-0.2, 0) is 0 Å². The molecule has 0 spiro atoms. The third kappa shape index (κ3) is 1.95. The van der Waals surface area contributed by atoms with E-state index < -0.39 is 0 Å². The highest BCUT2D eigenvalue weighted by Crippen LogP contribution is 2.30. The number of aromatic amines is 1. The predicted octanol–water partition coefficient (Wildman–Crippen LogP) is 1.01. The first-order valence-corrected chi connectivity index (χ1v) is 5.10. The molecule has 1 fully saturated rings. The molecular weight excluding hydrogens is 178 g/mol. The quantitative estimate of drug-likeness (QED) is 0.776. The Kier molecular flexibility index (Phi) is 2.52. The lowest BCUT2D eigenvalue weighted by molar-refractivity contribution is 0.726. The number of nitrogens with zero attached hydrogens (tertiary/aromatic N) is 2. The van der Waals surface area contributed by atoms with Crippen LogP contribution in [0.3, 0.4) is 0 Å². The standard InChI is InChI=1S/C10H15N3O/c1-2-13(7-8-3-4-8)9-10(14)12-6-5-11-9/h5-6,8H,2-4,7H2,1H3,(H,12,14). The Balaban J connectivity index is 2.17. The maximum Gasteiger partial charge on any atom is 0.290 e. The molecule has 1 heterocycles. The lowest BCUT2D eigenvalue weighted by atomic mass is 10.3. The van der Waals surface area contributed by atoms with E-state index in [1.54, 1.807) is 12.4 Å². The molecule has 0 bridgehead atoms. The third-order valence-electron chi connectivity index (χ3n) is 2.55. The van der Waals surface area contributed by atoms with Gasteiger partial charge in [0.1, 0.15) is 0 Å². The molecule has 14 heavy (non-hydrogen) atoms. The van der Waals surface area contributed by atoms with Gasteiger partial charge in [-0.25, -0.2) is 4.98 Å². The van der Waals surface area contributed by atoms with Crippen molar-refractivity contribution >= 4 is 5.82 Å². The van der Waals surface area contributed by atoms with E-state index in [-0.39, 0.29) is 5.56 Å². The van der Waals surface area contributed by atoms with Crippen LogP contribution in [0.1, 0.15) is 19.8 Å². The summed E-state index contributed by atoms with van der Waals surface area (Å²) in [6.45, 7) is 3.86. The van der Waals surface area contributed by atoms with Crippen molar-refractivity contribution in [2.45, 2.75) is 19.8 Å². The summed E-state index contributed by atoms with van der Waals surface area (Å²) < 4.78 is 0. The minimum Gasteiger partial charge on any atom is -0.352 e. The van der Waals surface area contributed by atoms with E-state index in [0.29, 0.717) is 5.82 Å². The Labute approximate surface area is 83.0 Å². The van der Waals surface area contributed by atoms with Gasteiger partial charge in [0.25, 0.3) is 5.56 Å². The highest BCUT2D eigenvalue weighted by molar-refractivity contribution is 5.35. The first-order valence-electron chi connectivity index (χ1n) is 5.10. The van der Waals surface area contributed by atoms with Crippen molar-refractivity contribution in [3.8, 4) is 0 Å². The summed E-state index contributed by atoms with van der Waals surface area (Å²) in [6, 6.07) is 0. The van der Waals surface area contributed by atoms with Crippen LogP contribution in [0, 0.1) is 5.92 Å². The zero-order chi connectivity index (χ0) is 9.97. The number of anilines is 1. The van der Waals surface area contributed by atoms with Gasteiger partial charge < -0.3 is 9.88 Å². The molecule has 1 aliphatic carbocycles. The number of hydrogen-bond acceptors (Lipinski definition) is 3. The SMILES string of the molecule is CCN(CC1CC1)c1ncc[nH]c1=O. The average molecular weight is 193 g/mol. The van der Waals surface area contributed by atoms with Crippen LogP contribution >= 0.6 is 0 Å². The molecule has 0 aliphatic heterocycles. The molecule has 0 aromatic carbocycles. The van der Waals surface area contributed by atoms with E-state index in [1.807, 2.05) is 0 Å². The topological polar surface area (TPSA) is 49.0 Å². The first kappa shape index (κ1) is 9.24. The van der Waals surface area contributed by atoms with Gasteiger partial charge in [-0.2, -0.15) is 0 Å². The molecule has 1 aliphatic rings. The van der Waals surface area contributed by atoms with Crippen LogP contribution < -0.4 is 10.5 Å². The molecule has 0 unspecified atom stereocenters. The van der Waals surface area contributed by atoms with Gasteiger partial charge in [-0.1, -0.05) is 0 Å². The minimum atomic E-state index is -0.0880. The van der Waals surface area contributed by atoms with Crippen LogP contribution in [0.2, 0.25) is 0 Å². The number of H-pyrrole nitrogens is 1. The molecule has 0 saturated heterocycles. The van der Waals surface area contributed by atoms with Gasteiger partial charge in [0, 0.05) is 25.5 Å². The van der Waals surface area contributed by atoms with E-state index in [0.717, 1.165) is 19.0 Å². The second-order valence-corrected chi connectivity index (χ2v) is 3.72. The van der Waals surface area contributed by atoms with Gasteiger partial charge in [-0.15, -0.1) is 0 Å². The summed E-state index contributed by atoms with van der Waals surface area (Å²) in [5.74, 6) is 1.33. The molecule has 76 valence electrons. The molecule has 0 amide bonds. The van der Waals surface area contributed by atoms with Gasteiger partial charge in [-0.05, 0) is 25.7 Å². The van der Waals surface area contributed by atoms with Crippen LogP contribution in [0.15, 0.2) is 17.2 Å². The Morgan fingerprint density at radius 3 is 3.00 bits per heavy atom. The maximum atomic E-state index is 11.5. The summed E-state index contributed by atoms with van der Waals surface area (Å²) in [7, 11) is 0. The first-order chi connectivity index (χ1) is 6.81. The fourth-order valence-electron chi connectivity index (χ4n) is 1.55. The fraction of sp³-hybridized carbons (Fsp3) is 0.600. The van der Waals surface area contributed by atoms with Crippen molar-refractivity contribution in [1.82, 2.24) is 9.97 Å². The summed E-state index contributed by atoms with van der Waals surface area (Å²) >= 11 is 0. The number of nitrogens with one attached hydrogen (secondary N) is 1. The highest BCUT2D eigenvalue weighted by atomic mass is 16.1. The highest BCUT2D eigenvalue weighted by Gasteiger charge is 2.25. The van der Waals surface area contributed by atoms with Crippen LogP contribution in [0.5, 0.6) is 0 Å². The number of rotatable bonds is 4. The van der Waals surface area contributed by atoms with Crippen LogP contribution in [0.25, 0.3) is 0 Å². The number of hydrogen-bond donors (Lipinski definition) is 1. The monoisotopic (exact) mass is 193 g/mol. The third-order valence-corrected chi connectivity index (χ3v) is 2.55. The van der Waals surface area contributed by atoms with Crippen molar-refractivity contribution in [2.24, 2.45) is 5.92 Å². The molecular formula is C10H15N3O. The van der Waals surface area contributed by atoms with Crippen LogP contribution in [0.4, 0.5) is 5.82 Å². The Morgan fingerprint density at radius 1 is 1.64 bits per heavy atom. The lowest BCUT2D eigenvalue weighted by Gasteiger charge is -2.20. The van der Waals surface area contributed by atoms with Crippen molar-refractivity contribution in [2.75, 3.05) is 18.0 Å². The molecule has 1 aromatic rings. The summed E-state index contributed by atoms with van der Waals surface area (Å²) in [5, 5.41) is 0. The molecule has 1 saturated carbocycles. The predicted molar refractivity (Wildman–Crippen MR) is 55.5 cm³/mol. The average Bonchev–Trinajstić information content (AvgIpc) is 2.99. The number of aromatic nitrogens is 2. The molecule has 1 N–H and O–H groups in total. The lowest BCUT2D eigenvalue weighted by Crippen LogP contribution is -2.31. The summed E-state index contributed by atoms with van der Waals surface area (Å²) in [5.41, 5.74) is -0.0880. The van der Waals surface area contributed by atoms with Crippen molar-refractivity contribution < 1.29 is 0 Å². The van der Waals surface area contributed by atoms with Crippen molar-refractivity contribution in [1.29, 1.82) is 0 Å². The Hall–Kier alpha value is -1.32. The molecule has 4 nitrogen and oxygen atoms in total. The van der Waals surface area contributed by atoms with Gasteiger partial charge in [-0.3, -0.25) is 4.79 Å². The largest absolute Gasteiger partial charge is 0.352 e. The van der Waals surface area contributed by atoms with Gasteiger partial charge in [0.05, 0.1) is 0 Å². The second kappa shape index (κ2) is 3.82. The summed E-state index contributed by atoms with van der Waals surface area (Å²) in [4.78, 5) is 20.3. The zero-order valence-electron chi connectivity index (χ0n) is 8.36. The van der Waals surface area contributed by atoms with Gasteiger partial charge >= 0.3 is 0 Å². The summed E-state index contributed by atoms with van der Waals surface area (Å²) in [6.07, 6.45) is 5.78. The van der Waals surface area contributed by atoms with Gasteiger partial charge in [0.15, 0.2) is 5.82 Å². The zero-order valence-corrected chi connectivity index (χ0v) is 8.36. The maximum absolute atomic E-state index is 11.5. The molecule has 2 rings (SSSR count). The van der Waals surface area contributed by atoms with Gasteiger partial charge in [0.2, 0.25) is 0 Å². The molecule has 1 aromatic heterocycles. The van der Waals surface area contributed by atoms with E-state index >= 15 is 0 Å².